The molecule has 1 aromatic heterocycles. The zero-order chi connectivity index (χ0) is 14.7. The summed E-state index contributed by atoms with van der Waals surface area (Å²) in [4.78, 5) is 12.9. The molecule has 4 heteroatoms. The largest absolute Gasteiger partial charge is 0.469 e. The summed E-state index contributed by atoms with van der Waals surface area (Å²) < 4.78 is 5.51. The molecule has 2 aliphatic carbocycles. The molecule has 3 N–H and O–H groups in total. The van der Waals surface area contributed by atoms with Gasteiger partial charge in [0.25, 0.3) is 0 Å². The number of aryl methyl sites for hydroxylation is 1. The summed E-state index contributed by atoms with van der Waals surface area (Å²) in [6.07, 6.45) is 11.3. The van der Waals surface area contributed by atoms with Crippen LogP contribution in [0.5, 0.6) is 0 Å². The van der Waals surface area contributed by atoms with E-state index in [0.717, 1.165) is 56.3 Å². The second kappa shape index (κ2) is 6.22. The van der Waals surface area contributed by atoms with Crippen LogP contribution in [-0.2, 0) is 11.2 Å². The predicted octanol–water partition coefficient (Wildman–Crippen LogP) is 3.07. The van der Waals surface area contributed by atoms with Crippen molar-refractivity contribution < 1.29 is 9.21 Å². The van der Waals surface area contributed by atoms with Crippen LogP contribution in [0.25, 0.3) is 0 Å². The Labute approximate surface area is 126 Å². The van der Waals surface area contributed by atoms with Gasteiger partial charge >= 0.3 is 0 Å². The molecule has 1 heterocycles. The Hall–Kier alpha value is -1.29. The van der Waals surface area contributed by atoms with E-state index in [4.69, 9.17) is 10.2 Å². The summed E-state index contributed by atoms with van der Waals surface area (Å²) in [7, 11) is 0. The number of carbonyl (C=O) groups is 1. The first-order valence-electron chi connectivity index (χ1n) is 8.32. The number of hydrogen-bond donors (Lipinski definition) is 2. The first-order valence-corrected chi connectivity index (χ1v) is 8.32. The molecule has 1 unspecified atom stereocenters. The third-order valence-corrected chi connectivity index (χ3v) is 5.29. The number of nitrogens with one attached hydrogen (secondary N) is 1. The van der Waals surface area contributed by atoms with E-state index >= 15 is 0 Å². The van der Waals surface area contributed by atoms with Crippen molar-refractivity contribution in [3.05, 3.63) is 23.7 Å². The SMILES string of the molecule is NCC1(C(=O)NC2CCCc3occc32)CCCCCC1. The van der Waals surface area contributed by atoms with Crippen molar-refractivity contribution in [1.29, 1.82) is 0 Å². The number of rotatable bonds is 3. The van der Waals surface area contributed by atoms with Crippen LogP contribution in [0.2, 0.25) is 0 Å². The van der Waals surface area contributed by atoms with E-state index in [1.807, 2.05) is 6.07 Å². The van der Waals surface area contributed by atoms with Crippen molar-refractivity contribution in [1.82, 2.24) is 5.32 Å². The maximum Gasteiger partial charge on any atom is 0.227 e. The van der Waals surface area contributed by atoms with Gasteiger partial charge in [0, 0.05) is 18.5 Å². The van der Waals surface area contributed by atoms with Gasteiger partial charge in [-0.2, -0.15) is 0 Å². The average Bonchev–Trinajstić information content (AvgIpc) is 2.85. The van der Waals surface area contributed by atoms with Crippen LogP contribution < -0.4 is 11.1 Å². The van der Waals surface area contributed by atoms with E-state index in [1.165, 1.54) is 12.8 Å². The van der Waals surface area contributed by atoms with Crippen LogP contribution in [-0.4, -0.2) is 12.5 Å². The molecule has 0 bridgehead atoms. The predicted molar refractivity (Wildman–Crippen MR) is 81.7 cm³/mol. The lowest BCUT2D eigenvalue weighted by Gasteiger charge is -2.33. The molecule has 116 valence electrons. The highest BCUT2D eigenvalue weighted by molar-refractivity contribution is 5.83. The zero-order valence-electron chi connectivity index (χ0n) is 12.7. The van der Waals surface area contributed by atoms with Gasteiger partial charge in [-0.05, 0) is 31.7 Å². The zero-order valence-corrected chi connectivity index (χ0v) is 12.7. The first-order chi connectivity index (χ1) is 10.2. The number of fused-ring (bicyclic) bond motifs is 1. The van der Waals surface area contributed by atoms with Crippen molar-refractivity contribution >= 4 is 5.91 Å². The fourth-order valence-corrected chi connectivity index (χ4v) is 3.88. The molecule has 1 atom stereocenters. The van der Waals surface area contributed by atoms with Crippen LogP contribution in [0.3, 0.4) is 0 Å². The molecule has 4 nitrogen and oxygen atoms in total. The van der Waals surface area contributed by atoms with Gasteiger partial charge in [0.1, 0.15) is 5.76 Å². The van der Waals surface area contributed by atoms with E-state index in [1.54, 1.807) is 6.26 Å². The lowest BCUT2D eigenvalue weighted by atomic mass is 9.79. The van der Waals surface area contributed by atoms with Crippen LogP contribution in [0.1, 0.15) is 68.7 Å². The molecule has 21 heavy (non-hydrogen) atoms. The Bertz CT molecular complexity index is 487. The molecule has 0 saturated heterocycles. The Morgan fingerprint density at radius 2 is 2.05 bits per heavy atom. The summed E-state index contributed by atoms with van der Waals surface area (Å²) in [5.74, 6) is 1.19. The number of nitrogens with two attached hydrogens (primary N) is 1. The fraction of sp³-hybridized carbons (Fsp3) is 0.706. The van der Waals surface area contributed by atoms with Gasteiger partial charge in [0.2, 0.25) is 5.91 Å². The minimum Gasteiger partial charge on any atom is -0.469 e. The quantitative estimate of drug-likeness (QED) is 0.841. The summed E-state index contributed by atoms with van der Waals surface area (Å²) >= 11 is 0. The molecular weight excluding hydrogens is 264 g/mol. The van der Waals surface area contributed by atoms with E-state index in [-0.39, 0.29) is 17.4 Å². The van der Waals surface area contributed by atoms with Gasteiger partial charge in [-0.3, -0.25) is 4.79 Å². The highest BCUT2D eigenvalue weighted by Crippen LogP contribution is 2.37. The molecule has 1 saturated carbocycles. The second-order valence-corrected chi connectivity index (χ2v) is 6.62. The van der Waals surface area contributed by atoms with Crippen LogP contribution in [0.15, 0.2) is 16.7 Å². The van der Waals surface area contributed by atoms with Crippen LogP contribution >= 0.6 is 0 Å². The minimum atomic E-state index is -0.349. The van der Waals surface area contributed by atoms with Gasteiger partial charge < -0.3 is 15.5 Å². The first kappa shape index (κ1) is 14.6. The topological polar surface area (TPSA) is 68.3 Å². The average molecular weight is 290 g/mol. The van der Waals surface area contributed by atoms with Gasteiger partial charge in [-0.15, -0.1) is 0 Å². The highest BCUT2D eigenvalue weighted by Gasteiger charge is 2.38. The fourth-order valence-electron chi connectivity index (χ4n) is 3.88. The van der Waals surface area contributed by atoms with Gasteiger partial charge in [-0.25, -0.2) is 0 Å². The Morgan fingerprint density at radius 1 is 1.29 bits per heavy atom. The number of hydrogen-bond acceptors (Lipinski definition) is 3. The van der Waals surface area contributed by atoms with Crippen LogP contribution in [0.4, 0.5) is 0 Å². The lowest BCUT2D eigenvalue weighted by Crippen LogP contribution is -2.47. The molecule has 0 spiro atoms. The van der Waals surface area contributed by atoms with Crippen molar-refractivity contribution in [2.24, 2.45) is 11.1 Å². The summed E-state index contributed by atoms with van der Waals surface area (Å²) in [5, 5.41) is 3.27. The Morgan fingerprint density at radius 3 is 2.76 bits per heavy atom. The molecule has 1 fully saturated rings. The Kier molecular flexibility index (Phi) is 4.34. The van der Waals surface area contributed by atoms with Gasteiger partial charge in [-0.1, -0.05) is 25.7 Å². The summed E-state index contributed by atoms with van der Waals surface area (Å²) in [6.45, 7) is 0.462. The molecule has 1 amide bonds. The molecule has 0 aliphatic heterocycles. The molecule has 0 radical (unpaired) electrons. The minimum absolute atomic E-state index is 0.103. The molecule has 2 aliphatic rings. The number of carbonyl (C=O) groups excluding carboxylic acids is 1. The van der Waals surface area contributed by atoms with Crippen LogP contribution in [0, 0.1) is 5.41 Å². The summed E-state index contributed by atoms with van der Waals surface area (Å²) in [6, 6.07) is 2.11. The van der Waals surface area contributed by atoms with Crippen molar-refractivity contribution in [2.45, 2.75) is 63.8 Å². The Balaban J connectivity index is 1.74. The standard InChI is InChI=1S/C17H26N2O2/c18-12-17(9-3-1-2-4-10-17)16(20)19-14-6-5-7-15-13(14)8-11-21-15/h8,11,14H,1-7,9-10,12,18H2,(H,19,20). The molecule has 0 aromatic carbocycles. The monoisotopic (exact) mass is 290 g/mol. The lowest BCUT2D eigenvalue weighted by molar-refractivity contribution is -0.132. The van der Waals surface area contributed by atoms with E-state index in [9.17, 15) is 4.79 Å². The number of amides is 1. The highest BCUT2D eigenvalue weighted by atomic mass is 16.3. The van der Waals surface area contributed by atoms with Crippen molar-refractivity contribution in [2.75, 3.05) is 6.54 Å². The van der Waals surface area contributed by atoms with E-state index in [0.29, 0.717) is 6.54 Å². The summed E-state index contributed by atoms with van der Waals surface area (Å²) in [5.41, 5.74) is 6.82. The maximum atomic E-state index is 12.9. The van der Waals surface area contributed by atoms with Gasteiger partial charge in [0.05, 0.1) is 17.7 Å². The second-order valence-electron chi connectivity index (χ2n) is 6.62. The third-order valence-electron chi connectivity index (χ3n) is 5.29. The molecule has 3 rings (SSSR count). The van der Waals surface area contributed by atoms with E-state index < -0.39 is 0 Å². The molecule has 1 aromatic rings. The maximum absolute atomic E-state index is 12.9. The smallest absolute Gasteiger partial charge is 0.227 e. The van der Waals surface area contributed by atoms with Crippen molar-refractivity contribution in [3.63, 3.8) is 0 Å². The van der Waals surface area contributed by atoms with Gasteiger partial charge in [0.15, 0.2) is 0 Å². The van der Waals surface area contributed by atoms with E-state index in [2.05, 4.69) is 5.32 Å². The third kappa shape index (κ3) is 2.86. The molecular formula is C17H26N2O2. The number of furan rings is 1. The van der Waals surface area contributed by atoms with Crippen molar-refractivity contribution in [3.8, 4) is 0 Å². The normalized spacial score (nSPS) is 24.9.